The number of carbonyl (C=O) groups excluding carboxylic acids is 4. The number of amides is 4. The highest BCUT2D eigenvalue weighted by Crippen LogP contribution is 2.39. The van der Waals surface area contributed by atoms with Gasteiger partial charge >= 0.3 is 6.18 Å². The van der Waals surface area contributed by atoms with Crippen LogP contribution in [0.25, 0.3) is 88.1 Å². The Morgan fingerprint density at radius 1 is 0.420 bits per heavy atom. The van der Waals surface area contributed by atoms with Crippen LogP contribution in [0.5, 0.6) is 0 Å². The van der Waals surface area contributed by atoms with E-state index in [-0.39, 0.29) is 32.6 Å². The van der Waals surface area contributed by atoms with Crippen LogP contribution < -0.4 is 27.8 Å². The number of nitrogens with two attached hydrogens (primary N) is 4. The van der Waals surface area contributed by atoms with Gasteiger partial charge in [0, 0.05) is 91.9 Å². The van der Waals surface area contributed by atoms with Gasteiger partial charge in [-0.1, -0.05) is 128 Å². The van der Waals surface area contributed by atoms with Crippen LogP contribution in [0, 0.1) is 0 Å². The van der Waals surface area contributed by atoms with Crippen molar-refractivity contribution in [1.82, 2.24) is 19.9 Å². The largest absolute Gasteiger partial charge is 0.416 e. The molecule has 0 aliphatic rings. The summed E-state index contributed by atoms with van der Waals surface area (Å²) in [6, 6.07) is 55.9. The number of carbonyl (C=O) groups is 4. The fourth-order valence-electron chi connectivity index (χ4n) is 10.1. The monoisotopic (exact) mass is 1230 g/mol. The van der Waals surface area contributed by atoms with Crippen molar-refractivity contribution in [2.24, 2.45) is 22.9 Å². The van der Waals surface area contributed by atoms with E-state index in [0.717, 1.165) is 57.2 Å². The fraction of sp³-hybridized carbons (Fsp3) is 0.0909. The molecule has 12 rings (SSSR count). The topological polar surface area (TPSA) is 307 Å². The Labute approximate surface area is 503 Å². The predicted octanol–water partition coefficient (Wildman–Crippen LogP) is 12.0. The van der Waals surface area contributed by atoms with E-state index >= 15 is 0 Å². The van der Waals surface area contributed by atoms with E-state index in [9.17, 15) is 49.2 Å². The van der Waals surface area contributed by atoms with Crippen LogP contribution in [0.15, 0.2) is 204 Å². The van der Waals surface area contributed by atoms with Gasteiger partial charge in [-0.2, -0.15) is 13.2 Å². The minimum absolute atomic E-state index is 0.0201. The average molecular weight is 1230 g/mol. The summed E-state index contributed by atoms with van der Waals surface area (Å²) in [5.41, 5.74) is 31.6. The number of anilines is 1. The Bertz CT molecular complexity index is 4850. The number of rotatable bonds is 12. The van der Waals surface area contributed by atoms with Gasteiger partial charge in [-0.25, -0.2) is 16.8 Å². The van der Waals surface area contributed by atoms with Crippen LogP contribution in [0.2, 0.25) is 0 Å². The van der Waals surface area contributed by atoms with E-state index in [1.165, 1.54) is 18.2 Å². The van der Waals surface area contributed by atoms with Crippen molar-refractivity contribution >= 4 is 92.6 Å². The maximum absolute atomic E-state index is 12.9. The molecule has 0 aliphatic heterocycles. The van der Waals surface area contributed by atoms with Crippen molar-refractivity contribution in [3.8, 4) is 44.5 Å². The molecular formula is C66H58F3N9O8S2. The summed E-state index contributed by atoms with van der Waals surface area (Å²) in [5.74, 6) is -2.32. The smallest absolute Gasteiger partial charge is 0.378 e. The first-order valence-corrected chi connectivity index (χ1v) is 30.5. The molecule has 0 fully saturated rings. The Hall–Kier alpha value is -10.7. The summed E-state index contributed by atoms with van der Waals surface area (Å²) in [5, 5.41) is 2.64. The molecule has 0 atom stereocenters. The van der Waals surface area contributed by atoms with Gasteiger partial charge in [0.1, 0.15) is 22.8 Å². The molecule has 0 saturated heterocycles. The zero-order valence-corrected chi connectivity index (χ0v) is 49.3. The second-order valence-electron chi connectivity index (χ2n) is 20.4. The van der Waals surface area contributed by atoms with E-state index in [0.29, 0.717) is 60.7 Å². The van der Waals surface area contributed by atoms with Crippen LogP contribution in [0.4, 0.5) is 18.9 Å². The number of alkyl halides is 3. The molecule has 12 aromatic rings. The third-order valence-electron chi connectivity index (χ3n) is 14.4. The number of H-pyrrole nitrogens is 4. The molecule has 0 saturated carbocycles. The van der Waals surface area contributed by atoms with E-state index in [1.807, 2.05) is 122 Å². The summed E-state index contributed by atoms with van der Waals surface area (Å²) >= 11 is 0. The average Bonchev–Trinajstić information content (AvgIpc) is 1.81. The molecule has 4 heterocycles. The number of hydrogen-bond acceptors (Lipinski definition) is 9. The maximum Gasteiger partial charge on any atom is 0.416 e. The molecule has 22 heteroatoms. The highest BCUT2D eigenvalue weighted by molar-refractivity contribution is 7.91. The standard InChI is InChI=1S/C17H17N3O.C17H16N2O3S.C16H11F3N2O.C16H14N2O3S/c1-20(2)12-8-9-14-13(10-12)15(16(19-14)17(18)21)11-6-4-3-5-7-11;1-2-23(21,22)12-8-9-14-13(10-12)15(16(19-14)17(18)20)11-6-4-3-5-7-11;17-16(18,19)10-6-7-12-11(8-10)13(14(21-12)15(20)22)9-4-2-1-3-5-9;1-22(20,21)11-7-8-13-12(9-11)14(15(18-13)16(17)19)10-5-3-2-4-6-10/h3-10,19H,1-2H3,(H2,18,21);3-10,19H,2H2,1H3,(H2,18,20);1-8,21H,(H2,20,22);2-9,18H,1H3,(H2,17,19). The van der Waals surface area contributed by atoms with E-state index in [4.69, 9.17) is 22.9 Å². The van der Waals surface area contributed by atoms with Gasteiger partial charge in [-0.15, -0.1) is 0 Å². The minimum atomic E-state index is -4.45. The van der Waals surface area contributed by atoms with Crippen molar-refractivity contribution in [2.75, 3.05) is 31.0 Å². The highest BCUT2D eigenvalue weighted by Gasteiger charge is 2.32. The molecule has 12 N–H and O–H groups in total. The molecule has 4 amide bonds. The second-order valence-corrected chi connectivity index (χ2v) is 24.7. The Kier molecular flexibility index (Phi) is 17.6. The summed E-state index contributed by atoms with van der Waals surface area (Å²) in [7, 11) is -2.68. The zero-order valence-electron chi connectivity index (χ0n) is 47.7. The Morgan fingerprint density at radius 2 is 0.716 bits per heavy atom. The van der Waals surface area contributed by atoms with Crippen LogP contribution in [-0.4, -0.2) is 86.5 Å². The Morgan fingerprint density at radius 3 is 1.02 bits per heavy atom. The number of halogens is 3. The van der Waals surface area contributed by atoms with Crippen molar-refractivity contribution in [2.45, 2.75) is 22.9 Å². The number of primary amides is 4. The summed E-state index contributed by atoms with van der Waals surface area (Å²) in [6.45, 7) is 1.60. The number of fused-ring (bicyclic) bond motifs is 4. The highest BCUT2D eigenvalue weighted by atomic mass is 32.2. The number of nitrogens with zero attached hydrogens (tertiary/aromatic N) is 1. The zero-order chi connectivity index (χ0) is 63.4. The maximum atomic E-state index is 12.9. The molecule has 0 bridgehead atoms. The molecule has 0 unspecified atom stereocenters. The lowest BCUT2D eigenvalue weighted by atomic mass is 10.0. The van der Waals surface area contributed by atoms with Crippen molar-refractivity contribution in [3.05, 3.63) is 222 Å². The molecular weight excluding hydrogens is 1170 g/mol. The van der Waals surface area contributed by atoms with Gasteiger partial charge in [0.05, 0.1) is 21.1 Å². The van der Waals surface area contributed by atoms with Crippen molar-refractivity contribution in [3.63, 3.8) is 0 Å². The van der Waals surface area contributed by atoms with Crippen LogP contribution in [-0.2, 0) is 25.9 Å². The molecule has 8 aromatic carbocycles. The summed E-state index contributed by atoms with van der Waals surface area (Å²) < 4.78 is 86.5. The third-order valence-corrected chi connectivity index (χ3v) is 17.2. The number of benzene rings is 8. The van der Waals surface area contributed by atoms with Gasteiger partial charge < -0.3 is 47.8 Å². The lowest BCUT2D eigenvalue weighted by Gasteiger charge is -2.12. The van der Waals surface area contributed by atoms with Gasteiger partial charge in [0.15, 0.2) is 19.7 Å². The molecule has 88 heavy (non-hydrogen) atoms. The van der Waals surface area contributed by atoms with Crippen LogP contribution >= 0.6 is 0 Å². The number of aromatic amines is 4. The van der Waals surface area contributed by atoms with Gasteiger partial charge in [-0.3, -0.25) is 19.2 Å². The number of nitrogens with one attached hydrogen (secondary N) is 4. The molecule has 0 radical (unpaired) electrons. The second kappa shape index (κ2) is 25.1. The van der Waals surface area contributed by atoms with Crippen LogP contribution in [0.1, 0.15) is 54.4 Å². The third kappa shape index (κ3) is 13.1. The van der Waals surface area contributed by atoms with E-state index in [2.05, 4.69) is 26.0 Å². The molecule has 4 aromatic heterocycles. The summed E-state index contributed by atoms with van der Waals surface area (Å²) in [4.78, 5) is 61.2. The van der Waals surface area contributed by atoms with Crippen molar-refractivity contribution < 1.29 is 49.2 Å². The van der Waals surface area contributed by atoms with Gasteiger partial charge in [0.2, 0.25) is 0 Å². The molecule has 0 aliphatic carbocycles. The predicted molar refractivity (Wildman–Crippen MR) is 339 cm³/mol. The molecule has 448 valence electrons. The fourth-order valence-corrected chi connectivity index (χ4v) is 11.7. The number of hydrogen-bond donors (Lipinski definition) is 8. The quantitative estimate of drug-likeness (QED) is 0.0576. The van der Waals surface area contributed by atoms with E-state index in [1.54, 1.807) is 61.5 Å². The first-order valence-electron chi connectivity index (χ1n) is 27.0. The van der Waals surface area contributed by atoms with Crippen LogP contribution in [0.3, 0.4) is 0 Å². The molecule has 0 spiro atoms. The SMILES string of the molecule is CCS(=O)(=O)c1ccc2[nH]c(C(N)=O)c(-c3ccccc3)c2c1.CN(C)c1ccc2[nH]c(C(N)=O)c(-c3ccccc3)c2c1.CS(=O)(=O)c1ccc2[nH]c(C(N)=O)c(-c3ccccc3)c2c1.NC(=O)c1[nH]c2ccc(C(F)(F)F)cc2c1-c1ccccc1. The Balaban J connectivity index is 0.000000140. The van der Waals surface area contributed by atoms with Gasteiger partial charge in [-0.05, 0) is 95.1 Å². The number of sulfone groups is 2. The first-order chi connectivity index (χ1) is 41.8. The van der Waals surface area contributed by atoms with Crippen molar-refractivity contribution in [1.29, 1.82) is 0 Å². The first kappa shape index (κ1) is 61.8. The normalized spacial score (nSPS) is 11.5. The number of aromatic nitrogens is 4. The molecule has 17 nitrogen and oxygen atoms in total. The van der Waals surface area contributed by atoms with E-state index < -0.39 is 55.0 Å². The minimum Gasteiger partial charge on any atom is -0.378 e. The lowest BCUT2D eigenvalue weighted by molar-refractivity contribution is -0.137. The van der Waals surface area contributed by atoms with Gasteiger partial charge in [0.25, 0.3) is 23.6 Å². The summed E-state index contributed by atoms with van der Waals surface area (Å²) in [6.07, 6.45) is -3.30. The lowest BCUT2D eigenvalue weighted by Crippen LogP contribution is -2.12.